The summed E-state index contributed by atoms with van der Waals surface area (Å²) in [6.45, 7) is 4.15. The summed E-state index contributed by atoms with van der Waals surface area (Å²) in [6.07, 6.45) is 3.10. The third-order valence-electron chi connectivity index (χ3n) is 2.58. The fourth-order valence-corrected chi connectivity index (χ4v) is 1.76. The molecule has 10 heavy (non-hydrogen) atoms. The van der Waals surface area contributed by atoms with Crippen LogP contribution in [-0.2, 0) is 4.79 Å². The molecular formula is C8H15NO. The third kappa shape index (κ3) is 1.15. The van der Waals surface area contributed by atoms with E-state index in [4.69, 9.17) is 5.73 Å². The highest BCUT2D eigenvalue weighted by Gasteiger charge is 2.37. The van der Waals surface area contributed by atoms with E-state index in [-0.39, 0.29) is 11.3 Å². The van der Waals surface area contributed by atoms with Crippen LogP contribution in [-0.4, -0.2) is 5.91 Å². The van der Waals surface area contributed by atoms with Crippen molar-refractivity contribution in [2.24, 2.45) is 17.1 Å². The number of carbonyl (C=O) groups is 1. The lowest BCUT2D eigenvalue weighted by atomic mass is 9.87. The fourth-order valence-electron chi connectivity index (χ4n) is 1.76. The maximum absolute atomic E-state index is 10.9. The van der Waals surface area contributed by atoms with E-state index in [0.29, 0.717) is 5.92 Å². The molecule has 2 heteroatoms. The normalized spacial score (nSPS) is 40.0. The van der Waals surface area contributed by atoms with Crippen LogP contribution >= 0.6 is 0 Å². The summed E-state index contributed by atoms with van der Waals surface area (Å²) in [6, 6.07) is 0. The zero-order chi connectivity index (χ0) is 7.78. The average Bonchev–Trinajstić information content (AvgIpc) is 2.13. The van der Waals surface area contributed by atoms with Crippen LogP contribution in [0.5, 0.6) is 0 Å². The van der Waals surface area contributed by atoms with Gasteiger partial charge in [-0.2, -0.15) is 0 Å². The molecule has 2 nitrogen and oxygen atoms in total. The van der Waals surface area contributed by atoms with E-state index in [9.17, 15) is 4.79 Å². The van der Waals surface area contributed by atoms with Gasteiger partial charge >= 0.3 is 0 Å². The summed E-state index contributed by atoms with van der Waals surface area (Å²) in [5.74, 6) is 0.550. The van der Waals surface area contributed by atoms with E-state index in [1.165, 1.54) is 0 Å². The zero-order valence-corrected chi connectivity index (χ0v) is 6.68. The van der Waals surface area contributed by atoms with Gasteiger partial charge in [-0.3, -0.25) is 4.79 Å². The Morgan fingerprint density at radius 3 is 2.50 bits per heavy atom. The van der Waals surface area contributed by atoms with Crippen LogP contribution in [0.1, 0.15) is 33.1 Å². The number of nitrogens with two attached hydrogens (primary N) is 1. The summed E-state index contributed by atoms with van der Waals surface area (Å²) >= 11 is 0. The number of rotatable bonds is 1. The highest BCUT2D eigenvalue weighted by Crippen LogP contribution is 2.40. The van der Waals surface area contributed by atoms with Gasteiger partial charge in [0.1, 0.15) is 0 Å². The van der Waals surface area contributed by atoms with Gasteiger partial charge in [0.2, 0.25) is 5.91 Å². The molecule has 0 heterocycles. The summed E-state index contributed by atoms with van der Waals surface area (Å²) in [5.41, 5.74) is 5.06. The smallest absolute Gasteiger partial charge is 0.223 e. The van der Waals surface area contributed by atoms with E-state index in [0.717, 1.165) is 19.3 Å². The lowest BCUT2D eigenvalue weighted by Gasteiger charge is -2.18. The van der Waals surface area contributed by atoms with Crippen LogP contribution in [0.2, 0.25) is 0 Å². The van der Waals surface area contributed by atoms with Gasteiger partial charge in [-0.25, -0.2) is 0 Å². The molecule has 0 unspecified atom stereocenters. The van der Waals surface area contributed by atoms with Gasteiger partial charge in [-0.1, -0.05) is 13.8 Å². The first-order valence-electron chi connectivity index (χ1n) is 3.84. The minimum absolute atomic E-state index is 0.128. The molecule has 0 aromatic carbocycles. The van der Waals surface area contributed by atoms with Crippen molar-refractivity contribution in [1.82, 2.24) is 0 Å². The second kappa shape index (κ2) is 2.26. The fraction of sp³-hybridized carbons (Fsp3) is 0.875. The molecule has 1 rings (SSSR count). The van der Waals surface area contributed by atoms with Crippen LogP contribution in [0.15, 0.2) is 0 Å². The Hall–Kier alpha value is -0.530. The lowest BCUT2D eigenvalue weighted by molar-refractivity contribution is -0.126. The van der Waals surface area contributed by atoms with Crippen LogP contribution in [0, 0.1) is 11.3 Å². The first kappa shape index (κ1) is 7.58. The quantitative estimate of drug-likeness (QED) is 0.587. The van der Waals surface area contributed by atoms with E-state index in [2.05, 4.69) is 6.92 Å². The molecule has 0 spiro atoms. The molecule has 1 fully saturated rings. The average molecular weight is 141 g/mol. The van der Waals surface area contributed by atoms with Crippen LogP contribution < -0.4 is 5.73 Å². The van der Waals surface area contributed by atoms with E-state index in [1.54, 1.807) is 0 Å². The Labute approximate surface area is 61.8 Å². The molecule has 1 aliphatic carbocycles. The number of amides is 1. The van der Waals surface area contributed by atoms with Gasteiger partial charge in [-0.05, 0) is 25.2 Å². The second-order valence-corrected chi connectivity index (χ2v) is 3.77. The van der Waals surface area contributed by atoms with Crippen LogP contribution in [0.4, 0.5) is 0 Å². The van der Waals surface area contributed by atoms with Crippen molar-refractivity contribution in [2.45, 2.75) is 33.1 Å². The van der Waals surface area contributed by atoms with Crippen molar-refractivity contribution in [3.05, 3.63) is 0 Å². The predicted molar refractivity (Wildman–Crippen MR) is 40.3 cm³/mol. The number of hydrogen-bond acceptors (Lipinski definition) is 1. The van der Waals surface area contributed by atoms with Crippen molar-refractivity contribution in [1.29, 1.82) is 0 Å². The summed E-state index contributed by atoms with van der Waals surface area (Å²) in [7, 11) is 0. The summed E-state index contributed by atoms with van der Waals surface area (Å²) in [5, 5.41) is 0. The molecule has 0 aliphatic heterocycles. The maximum atomic E-state index is 10.9. The van der Waals surface area contributed by atoms with E-state index >= 15 is 0 Å². The van der Waals surface area contributed by atoms with Gasteiger partial charge in [0.25, 0.3) is 0 Å². The van der Waals surface area contributed by atoms with Crippen molar-refractivity contribution in [2.75, 3.05) is 0 Å². The van der Waals surface area contributed by atoms with Crippen molar-refractivity contribution in [3.63, 3.8) is 0 Å². The third-order valence-corrected chi connectivity index (χ3v) is 2.58. The Bertz CT molecular complexity index is 155. The summed E-state index contributed by atoms with van der Waals surface area (Å²) in [4.78, 5) is 10.9. The summed E-state index contributed by atoms with van der Waals surface area (Å²) < 4.78 is 0. The Morgan fingerprint density at radius 2 is 2.30 bits per heavy atom. The molecule has 0 radical (unpaired) electrons. The van der Waals surface area contributed by atoms with Crippen LogP contribution in [0.3, 0.4) is 0 Å². The number of primary amides is 1. The molecule has 0 bridgehead atoms. The topological polar surface area (TPSA) is 43.1 Å². The molecule has 2 atom stereocenters. The second-order valence-electron chi connectivity index (χ2n) is 3.77. The molecule has 2 N–H and O–H groups in total. The van der Waals surface area contributed by atoms with Gasteiger partial charge in [0.15, 0.2) is 0 Å². The standard InChI is InChI=1S/C8H15NO/c1-6-3-4-8(2,5-6)7(9)10/h6H,3-5H2,1-2H3,(H2,9,10)/t6-,8+/m1/s1. The predicted octanol–water partition coefficient (Wildman–Crippen LogP) is 1.30. The lowest BCUT2D eigenvalue weighted by Crippen LogP contribution is -2.31. The molecule has 58 valence electrons. The molecular weight excluding hydrogens is 126 g/mol. The molecule has 1 amide bonds. The number of hydrogen-bond donors (Lipinski definition) is 1. The van der Waals surface area contributed by atoms with Gasteiger partial charge < -0.3 is 5.73 Å². The Kier molecular flexibility index (Phi) is 1.71. The SMILES string of the molecule is C[C@@H]1CC[C@](C)(C(N)=O)C1. The first-order valence-corrected chi connectivity index (χ1v) is 3.84. The highest BCUT2D eigenvalue weighted by molar-refractivity contribution is 5.80. The minimum atomic E-state index is -0.195. The maximum Gasteiger partial charge on any atom is 0.223 e. The molecule has 0 aromatic rings. The van der Waals surface area contributed by atoms with Crippen LogP contribution in [0.25, 0.3) is 0 Å². The van der Waals surface area contributed by atoms with Crippen molar-refractivity contribution >= 4 is 5.91 Å². The largest absolute Gasteiger partial charge is 0.369 e. The van der Waals surface area contributed by atoms with Gasteiger partial charge in [0, 0.05) is 5.41 Å². The van der Waals surface area contributed by atoms with Gasteiger partial charge in [-0.15, -0.1) is 0 Å². The van der Waals surface area contributed by atoms with E-state index in [1.807, 2.05) is 6.92 Å². The zero-order valence-electron chi connectivity index (χ0n) is 6.68. The van der Waals surface area contributed by atoms with Crippen molar-refractivity contribution < 1.29 is 4.79 Å². The monoisotopic (exact) mass is 141 g/mol. The molecule has 1 saturated carbocycles. The minimum Gasteiger partial charge on any atom is -0.369 e. The number of carbonyl (C=O) groups excluding carboxylic acids is 1. The Balaban J connectivity index is 2.63. The Morgan fingerprint density at radius 1 is 1.70 bits per heavy atom. The molecule has 0 aromatic heterocycles. The first-order chi connectivity index (χ1) is 4.54. The van der Waals surface area contributed by atoms with Gasteiger partial charge in [0.05, 0.1) is 0 Å². The van der Waals surface area contributed by atoms with E-state index < -0.39 is 0 Å². The highest BCUT2D eigenvalue weighted by atomic mass is 16.1. The molecule has 1 aliphatic rings. The molecule has 0 saturated heterocycles. The van der Waals surface area contributed by atoms with Crippen molar-refractivity contribution in [3.8, 4) is 0 Å².